The van der Waals surface area contributed by atoms with E-state index < -0.39 is 15.8 Å². The average Bonchev–Trinajstić information content (AvgIpc) is 3.14. The van der Waals surface area contributed by atoms with Gasteiger partial charge in [0.2, 0.25) is 21.0 Å². The van der Waals surface area contributed by atoms with Crippen molar-refractivity contribution in [2.75, 3.05) is 5.32 Å². The molecule has 0 fully saturated rings. The lowest BCUT2D eigenvalue weighted by atomic mass is 10.0. The van der Waals surface area contributed by atoms with Crippen LogP contribution in [-0.2, 0) is 16.6 Å². The maximum absolute atomic E-state index is 15.0. The van der Waals surface area contributed by atoms with E-state index in [0.717, 1.165) is 16.3 Å². The van der Waals surface area contributed by atoms with Crippen molar-refractivity contribution in [2.45, 2.75) is 11.4 Å². The summed E-state index contributed by atoms with van der Waals surface area (Å²) in [6, 6.07) is 24.0. The normalized spacial score (nSPS) is 11.9. The molecule has 0 unspecified atom stereocenters. The largest absolute Gasteiger partial charge is 0.493 e. The number of aromatic hydroxyl groups is 1. The molecule has 5 rings (SSSR count). The van der Waals surface area contributed by atoms with Crippen molar-refractivity contribution in [3.05, 3.63) is 96.3 Å². The van der Waals surface area contributed by atoms with Gasteiger partial charge in [0.25, 0.3) is 0 Å². The van der Waals surface area contributed by atoms with Gasteiger partial charge in [-0.2, -0.15) is 0 Å². The number of hydrogen-bond donors (Lipinski definition) is 3. The Bertz CT molecular complexity index is 1810. The molecule has 0 amide bonds. The van der Waals surface area contributed by atoms with Crippen LogP contribution in [0.4, 0.5) is 15.8 Å². The van der Waals surface area contributed by atoms with E-state index in [1.165, 1.54) is 34.9 Å². The Morgan fingerprint density at radius 3 is 2.46 bits per heavy atom. The molecule has 0 saturated carbocycles. The zero-order valence-corrected chi connectivity index (χ0v) is 20.8. The van der Waals surface area contributed by atoms with E-state index in [4.69, 9.17) is 17.4 Å². The van der Waals surface area contributed by atoms with Gasteiger partial charge in [-0.25, -0.2) is 17.9 Å². The second-order valence-electron chi connectivity index (χ2n) is 8.20. The summed E-state index contributed by atoms with van der Waals surface area (Å²) in [7, 11) is -4.01. The number of hydrogen-bond acceptors (Lipinski definition) is 5. The van der Waals surface area contributed by atoms with Crippen LogP contribution in [0.1, 0.15) is 5.56 Å². The van der Waals surface area contributed by atoms with Crippen molar-refractivity contribution in [3.8, 4) is 5.88 Å². The maximum atomic E-state index is 15.0. The first kappa shape index (κ1) is 24.5. The molecule has 0 aliphatic heterocycles. The van der Waals surface area contributed by atoms with E-state index in [1.807, 2.05) is 42.5 Å². The Labute approximate surface area is 216 Å². The Morgan fingerprint density at radius 2 is 1.65 bits per heavy atom. The van der Waals surface area contributed by atoms with Crippen LogP contribution < -0.4 is 10.5 Å². The van der Waals surface area contributed by atoms with Crippen molar-refractivity contribution in [3.63, 3.8) is 0 Å². The van der Waals surface area contributed by atoms with Crippen LogP contribution in [0.5, 0.6) is 5.88 Å². The molecular formula is C26H20FN5O3S2. The minimum Gasteiger partial charge on any atom is -0.493 e. The van der Waals surface area contributed by atoms with Gasteiger partial charge in [0.1, 0.15) is 10.7 Å². The van der Waals surface area contributed by atoms with Crippen molar-refractivity contribution in [1.29, 1.82) is 0 Å². The second-order valence-corrected chi connectivity index (χ2v) is 10.1. The highest BCUT2D eigenvalue weighted by Crippen LogP contribution is 2.40. The van der Waals surface area contributed by atoms with E-state index in [9.17, 15) is 17.9 Å². The highest BCUT2D eigenvalue weighted by Gasteiger charge is 2.21. The topological polar surface area (TPSA) is 122 Å². The van der Waals surface area contributed by atoms with Crippen LogP contribution in [0.2, 0.25) is 0 Å². The molecule has 4 aromatic carbocycles. The standard InChI is InChI=1S/C26H20FN5O3S2/c27-20-12-6-11-19-23(30-31-26(36)29-21-13-3-4-14-22(21)37(28,34)35)25(33)32(24(19)20)15-17-9-5-8-16-7-1-2-10-18(16)17/h1-14,33H,15H2,(H,29,36)(H2,28,34,35). The summed E-state index contributed by atoms with van der Waals surface area (Å²) in [6.45, 7) is 0.185. The predicted octanol–water partition coefficient (Wildman–Crippen LogP) is 5.82. The Hall–Kier alpha value is -4.19. The number of aromatic nitrogens is 1. The molecule has 0 saturated heterocycles. The van der Waals surface area contributed by atoms with Crippen LogP contribution in [0.15, 0.2) is 100 Å². The lowest BCUT2D eigenvalue weighted by Crippen LogP contribution is -2.16. The van der Waals surface area contributed by atoms with Gasteiger partial charge in [-0.15, -0.1) is 10.2 Å². The monoisotopic (exact) mass is 533 g/mol. The number of para-hydroxylation sites is 2. The number of azo groups is 1. The van der Waals surface area contributed by atoms with Crippen LogP contribution in [0.25, 0.3) is 21.7 Å². The van der Waals surface area contributed by atoms with Gasteiger partial charge in [-0.1, -0.05) is 66.7 Å². The fourth-order valence-electron chi connectivity index (χ4n) is 4.24. The zero-order valence-electron chi connectivity index (χ0n) is 19.2. The first-order valence-corrected chi connectivity index (χ1v) is 13.0. The molecule has 0 aliphatic rings. The molecule has 5 aromatic rings. The van der Waals surface area contributed by atoms with Gasteiger partial charge in [-0.3, -0.25) is 0 Å². The molecule has 186 valence electrons. The maximum Gasteiger partial charge on any atom is 0.240 e. The van der Waals surface area contributed by atoms with Gasteiger partial charge in [0, 0.05) is 5.39 Å². The average molecular weight is 534 g/mol. The van der Waals surface area contributed by atoms with Crippen LogP contribution in [0.3, 0.4) is 0 Å². The number of sulfonamides is 1. The summed E-state index contributed by atoms with van der Waals surface area (Å²) in [4.78, 5) is -0.163. The molecule has 0 bridgehead atoms. The van der Waals surface area contributed by atoms with Crippen molar-refractivity contribution >= 4 is 60.4 Å². The van der Waals surface area contributed by atoms with E-state index in [1.54, 1.807) is 12.1 Å². The van der Waals surface area contributed by atoms with Gasteiger partial charge < -0.3 is 15.0 Å². The molecule has 8 nitrogen and oxygen atoms in total. The highest BCUT2D eigenvalue weighted by molar-refractivity contribution is 7.89. The van der Waals surface area contributed by atoms with Gasteiger partial charge in [-0.05, 0) is 46.8 Å². The summed E-state index contributed by atoms with van der Waals surface area (Å²) >= 11 is 5.20. The van der Waals surface area contributed by atoms with E-state index in [-0.39, 0.29) is 39.3 Å². The number of fused-ring (bicyclic) bond motifs is 2. The molecular weight excluding hydrogens is 513 g/mol. The number of primary sulfonamides is 1. The smallest absolute Gasteiger partial charge is 0.240 e. The highest BCUT2D eigenvalue weighted by atomic mass is 32.2. The van der Waals surface area contributed by atoms with E-state index in [2.05, 4.69) is 15.5 Å². The number of benzene rings is 4. The van der Waals surface area contributed by atoms with E-state index >= 15 is 0 Å². The second kappa shape index (κ2) is 9.69. The summed E-state index contributed by atoms with van der Waals surface area (Å²) in [5, 5.41) is 29.2. The summed E-state index contributed by atoms with van der Waals surface area (Å²) < 4.78 is 40.1. The van der Waals surface area contributed by atoms with Crippen molar-refractivity contribution < 1.29 is 17.9 Å². The zero-order chi connectivity index (χ0) is 26.2. The molecule has 4 N–H and O–H groups in total. The number of thiocarbonyl (C=S) groups is 1. The number of nitrogens with zero attached hydrogens (tertiary/aromatic N) is 3. The minimum atomic E-state index is -4.01. The molecule has 0 aliphatic carbocycles. The third-order valence-corrected chi connectivity index (χ3v) is 7.02. The fourth-order valence-corrected chi connectivity index (χ4v) is 5.09. The van der Waals surface area contributed by atoms with Crippen LogP contribution >= 0.6 is 12.2 Å². The first-order chi connectivity index (χ1) is 17.7. The first-order valence-electron chi connectivity index (χ1n) is 11.0. The Morgan fingerprint density at radius 1 is 0.973 bits per heavy atom. The molecule has 37 heavy (non-hydrogen) atoms. The number of halogens is 1. The van der Waals surface area contributed by atoms with Crippen LogP contribution in [-0.4, -0.2) is 23.2 Å². The summed E-state index contributed by atoms with van der Waals surface area (Å²) in [5.74, 6) is -0.818. The van der Waals surface area contributed by atoms with Crippen molar-refractivity contribution in [2.24, 2.45) is 15.4 Å². The third-order valence-electron chi connectivity index (χ3n) is 5.86. The summed E-state index contributed by atoms with van der Waals surface area (Å²) in [5.41, 5.74) is 1.20. The number of nitrogens with one attached hydrogen (secondary N) is 1. The number of anilines is 1. The Kier molecular flexibility index (Phi) is 6.42. The molecule has 11 heteroatoms. The van der Waals surface area contributed by atoms with Gasteiger partial charge in [0.05, 0.1) is 17.7 Å². The lowest BCUT2D eigenvalue weighted by Gasteiger charge is -2.10. The number of rotatable bonds is 5. The SMILES string of the molecule is NS(=O)(=O)c1ccccc1NC(=S)N=Nc1c(O)n(Cc2cccc3ccccc23)c2c(F)cccc12. The molecule has 1 aromatic heterocycles. The van der Waals surface area contributed by atoms with Gasteiger partial charge in [0.15, 0.2) is 5.69 Å². The van der Waals surface area contributed by atoms with E-state index in [0.29, 0.717) is 5.39 Å². The molecule has 0 spiro atoms. The Balaban J connectivity index is 1.53. The molecule has 0 radical (unpaired) electrons. The number of nitrogens with two attached hydrogens (primary N) is 1. The quantitative estimate of drug-likeness (QED) is 0.194. The molecule has 0 atom stereocenters. The predicted molar refractivity (Wildman–Crippen MR) is 145 cm³/mol. The fraction of sp³-hybridized carbons (Fsp3) is 0.0385. The van der Waals surface area contributed by atoms with Gasteiger partial charge >= 0.3 is 0 Å². The van der Waals surface area contributed by atoms with Crippen molar-refractivity contribution in [1.82, 2.24) is 4.57 Å². The summed E-state index contributed by atoms with van der Waals surface area (Å²) in [6.07, 6.45) is 0. The lowest BCUT2D eigenvalue weighted by molar-refractivity contribution is 0.428. The third kappa shape index (κ3) is 4.79. The van der Waals surface area contributed by atoms with Crippen LogP contribution in [0, 0.1) is 5.82 Å². The minimum absolute atomic E-state index is 0.0265. The molecule has 1 heterocycles.